The fourth-order valence-electron chi connectivity index (χ4n) is 1.02. The monoisotopic (exact) mass is 205 g/mol. The van der Waals surface area contributed by atoms with Gasteiger partial charge < -0.3 is 4.90 Å². The van der Waals surface area contributed by atoms with Crippen LogP contribution in [0.5, 0.6) is 0 Å². The summed E-state index contributed by atoms with van der Waals surface area (Å²) in [6.07, 6.45) is 0.635. The van der Waals surface area contributed by atoms with E-state index in [-0.39, 0.29) is 32.7 Å². The van der Waals surface area contributed by atoms with E-state index in [2.05, 4.69) is 7.05 Å². The van der Waals surface area contributed by atoms with E-state index in [1.165, 1.54) is 0 Å². The summed E-state index contributed by atoms with van der Waals surface area (Å²) in [6.45, 7) is 2.91. The average Bonchev–Trinajstić information content (AvgIpc) is 1.82. The maximum absolute atomic E-state index is 12.8. The van der Waals surface area contributed by atoms with Gasteiger partial charge in [0.2, 0.25) is 0 Å². The molecule has 1 atom stereocenters. The van der Waals surface area contributed by atoms with Crippen LogP contribution in [0.1, 0.15) is 13.3 Å². The average molecular weight is 205 g/mol. The van der Waals surface area contributed by atoms with Gasteiger partial charge in [-0.05, 0) is 19.9 Å². The first-order valence-electron chi connectivity index (χ1n) is 2.84. The summed E-state index contributed by atoms with van der Waals surface area (Å²) in [4.78, 5) is 1.76. The van der Waals surface area contributed by atoms with Crippen LogP contribution in [0.15, 0.2) is 0 Å². The fourth-order valence-corrected chi connectivity index (χ4v) is 1.02. The van der Waals surface area contributed by atoms with Crippen LogP contribution in [0.25, 0.3) is 0 Å². The van der Waals surface area contributed by atoms with Gasteiger partial charge in [-0.3, -0.25) is 7.05 Å². The molecule has 0 aromatic heterocycles. The predicted molar refractivity (Wildman–Crippen MR) is 31.1 cm³/mol. The SMILES string of the molecule is [CH2-]N1CCC(C)(F)C1.[Y]. The number of hydrogen-bond acceptors (Lipinski definition) is 1. The quantitative estimate of drug-likeness (QED) is 0.537. The van der Waals surface area contributed by atoms with Crippen molar-refractivity contribution in [3.8, 4) is 0 Å². The van der Waals surface area contributed by atoms with Crippen molar-refractivity contribution in [1.29, 1.82) is 0 Å². The molecule has 0 saturated carbocycles. The summed E-state index contributed by atoms with van der Waals surface area (Å²) in [6, 6.07) is 0. The van der Waals surface area contributed by atoms with E-state index < -0.39 is 5.67 Å². The van der Waals surface area contributed by atoms with Crippen molar-refractivity contribution in [2.45, 2.75) is 19.0 Å². The van der Waals surface area contributed by atoms with Gasteiger partial charge in [0.15, 0.2) is 0 Å². The van der Waals surface area contributed by atoms with E-state index >= 15 is 0 Å². The van der Waals surface area contributed by atoms with Crippen LogP contribution in [-0.2, 0) is 32.7 Å². The van der Waals surface area contributed by atoms with Crippen molar-refractivity contribution in [2.75, 3.05) is 13.1 Å². The van der Waals surface area contributed by atoms with Crippen LogP contribution in [-0.4, -0.2) is 23.7 Å². The Morgan fingerprint density at radius 3 is 2.33 bits per heavy atom. The van der Waals surface area contributed by atoms with E-state index in [1.807, 2.05) is 0 Å². The molecule has 1 saturated heterocycles. The Bertz CT molecular complexity index is 95.1. The van der Waals surface area contributed by atoms with Gasteiger partial charge in [-0.1, -0.05) is 0 Å². The zero-order valence-corrected chi connectivity index (χ0v) is 8.57. The number of hydrogen-bond donors (Lipinski definition) is 0. The number of halogens is 1. The van der Waals surface area contributed by atoms with Gasteiger partial charge in [0.05, 0.1) is 0 Å². The zero-order chi connectivity index (χ0) is 6.20. The summed E-state index contributed by atoms with van der Waals surface area (Å²) < 4.78 is 12.8. The van der Waals surface area contributed by atoms with E-state index in [0.29, 0.717) is 13.0 Å². The molecule has 1 unspecified atom stereocenters. The van der Waals surface area contributed by atoms with Crippen molar-refractivity contribution in [2.24, 2.45) is 0 Å². The molecule has 3 heteroatoms. The molecule has 0 amide bonds. The molecule has 1 aliphatic rings. The molecule has 0 aromatic rings. The molecule has 0 bridgehead atoms. The largest absolute Gasteiger partial charge is 0.457 e. The molecule has 0 N–H and O–H groups in total. The summed E-state index contributed by atoms with van der Waals surface area (Å²) in [5.74, 6) is 0. The van der Waals surface area contributed by atoms with Gasteiger partial charge in [0.1, 0.15) is 5.67 Å². The van der Waals surface area contributed by atoms with Crippen LogP contribution in [0.4, 0.5) is 4.39 Å². The molecule has 1 aliphatic heterocycles. The van der Waals surface area contributed by atoms with Gasteiger partial charge in [0.25, 0.3) is 0 Å². The predicted octanol–water partition coefficient (Wildman–Crippen LogP) is 1.21. The smallest absolute Gasteiger partial charge is 0.119 e. The van der Waals surface area contributed by atoms with Gasteiger partial charge in [-0.2, -0.15) is 0 Å². The van der Waals surface area contributed by atoms with Crippen molar-refractivity contribution in [3.05, 3.63) is 7.05 Å². The topological polar surface area (TPSA) is 3.24 Å². The van der Waals surface area contributed by atoms with Gasteiger partial charge in [-0.25, -0.2) is 4.39 Å². The Balaban J connectivity index is 0.000000640. The maximum Gasteiger partial charge on any atom is 0.119 e. The Kier molecular flexibility index (Phi) is 3.78. The molecular formula is C6H11FNY-. The second-order valence-electron chi connectivity index (χ2n) is 2.72. The second kappa shape index (κ2) is 3.40. The van der Waals surface area contributed by atoms with E-state index in [1.54, 1.807) is 11.8 Å². The molecule has 51 valence electrons. The van der Waals surface area contributed by atoms with Gasteiger partial charge in [0, 0.05) is 39.3 Å². The molecule has 0 spiro atoms. The summed E-state index contributed by atoms with van der Waals surface area (Å²) in [7, 11) is 3.63. The van der Waals surface area contributed by atoms with E-state index in [4.69, 9.17) is 0 Å². The number of likely N-dealkylation sites (tertiary alicyclic amines) is 1. The molecule has 0 aromatic carbocycles. The van der Waals surface area contributed by atoms with Crippen molar-refractivity contribution < 1.29 is 37.1 Å². The Labute approximate surface area is 80.9 Å². The maximum atomic E-state index is 12.8. The van der Waals surface area contributed by atoms with Crippen LogP contribution < -0.4 is 0 Å². The summed E-state index contributed by atoms with van der Waals surface area (Å²) >= 11 is 0. The Morgan fingerprint density at radius 1 is 1.67 bits per heavy atom. The number of alkyl halides is 1. The van der Waals surface area contributed by atoms with Crippen LogP contribution >= 0.6 is 0 Å². The number of nitrogens with zero attached hydrogens (tertiary/aromatic N) is 1. The molecule has 1 radical (unpaired) electrons. The second-order valence-corrected chi connectivity index (χ2v) is 2.72. The zero-order valence-electron chi connectivity index (χ0n) is 5.73. The fraction of sp³-hybridized carbons (Fsp3) is 0.833. The third kappa shape index (κ3) is 3.06. The first kappa shape index (κ1) is 9.99. The first-order chi connectivity index (χ1) is 3.60. The van der Waals surface area contributed by atoms with Crippen LogP contribution in [0.3, 0.4) is 0 Å². The van der Waals surface area contributed by atoms with Gasteiger partial charge >= 0.3 is 0 Å². The van der Waals surface area contributed by atoms with E-state index in [0.717, 1.165) is 6.54 Å². The Hall–Kier alpha value is 0.994. The van der Waals surface area contributed by atoms with Crippen molar-refractivity contribution >= 4 is 0 Å². The summed E-state index contributed by atoms with van der Waals surface area (Å²) in [5, 5.41) is 0. The molecule has 1 fully saturated rings. The molecular weight excluding hydrogens is 194 g/mol. The van der Waals surface area contributed by atoms with Crippen molar-refractivity contribution in [3.63, 3.8) is 0 Å². The normalized spacial score (nSPS) is 36.3. The van der Waals surface area contributed by atoms with Gasteiger partial charge in [-0.15, -0.1) is 0 Å². The molecule has 9 heavy (non-hydrogen) atoms. The summed E-state index contributed by atoms with van der Waals surface area (Å²) in [5.41, 5.74) is -0.970. The minimum Gasteiger partial charge on any atom is -0.457 e. The third-order valence-electron chi connectivity index (χ3n) is 1.50. The molecule has 0 aliphatic carbocycles. The number of rotatable bonds is 0. The Morgan fingerprint density at radius 2 is 2.22 bits per heavy atom. The minimum absolute atomic E-state index is 0. The molecule has 1 nitrogen and oxygen atoms in total. The minimum atomic E-state index is -0.970. The van der Waals surface area contributed by atoms with Crippen LogP contribution in [0.2, 0.25) is 0 Å². The third-order valence-corrected chi connectivity index (χ3v) is 1.50. The standard InChI is InChI=1S/C6H11FN.Y/c1-6(7)3-4-8(2)5-6;/h2-5H2,1H3;/q-1;. The molecule has 1 heterocycles. The van der Waals surface area contributed by atoms with Crippen LogP contribution in [0, 0.1) is 7.05 Å². The van der Waals surface area contributed by atoms with E-state index in [9.17, 15) is 4.39 Å². The first-order valence-corrected chi connectivity index (χ1v) is 2.84. The van der Waals surface area contributed by atoms with Crippen molar-refractivity contribution in [1.82, 2.24) is 4.90 Å². The molecule has 1 rings (SSSR count).